The number of piperidine rings is 1. The first-order chi connectivity index (χ1) is 24.3. The molecular formula is C46H53HfN4-5. The molecule has 6 aromatic rings. The quantitative estimate of drug-likeness (QED) is 0.0874. The largest absolute Gasteiger partial charge is 0.679 e. The summed E-state index contributed by atoms with van der Waals surface area (Å²) in [6.07, 6.45) is 3.19. The summed E-state index contributed by atoms with van der Waals surface area (Å²) < 4.78 is 0. The van der Waals surface area contributed by atoms with Crippen molar-refractivity contribution in [2.24, 2.45) is 0 Å². The topological polar surface area (TPSA) is 56.4 Å². The van der Waals surface area contributed by atoms with Crippen molar-refractivity contribution in [2.45, 2.75) is 76.9 Å². The Morgan fingerprint density at radius 1 is 0.608 bits per heavy atom. The van der Waals surface area contributed by atoms with Gasteiger partial charge in [-0.2, -0.15) is 52.0 Å². The fourth-order valence-corrected chi connectivity index (χ4v) is 7.31. The molecule has 51 heavy (non-hydrogen) atoms. The van der Waals surface area contributed by atoms with Gasteiger partial charge in [0.15, 0.2) is 0 Å². The van der Waals surface area contributed by atoms with E-state index in [0.717, 1.165) is 24.9 Å². The van der Waals surface area contributed by atoms with Gasteiger partial charge in [-0.1, -0.05) is 155 Å². The van der Waals surface area contributed by atoms with Gasteiger partial charge in [0.25, 0.3) is 0 Å². The molecule has 0 radical (unpaired) electrons. The van der Waals surface area contributed by atoms with Gasteiger partial charge in [-0.05, 0) is 33.4 Å². The van der Waals surface area contributed by atoms with Crippen LogP contribution in [-0.2, 0) is 25.8 Å². The molecule has 3 atom stereocenters. The zero-order chi connectivity index (χ0) is 35.6. The number of hydrogen-bond donors (Lipinski definition) is 0. The Labute approximate surface area is 326 Å². The summed E-state index contributed by atoms with van der Waals surface area (Å²) >= 11 is 0. The van der Waals surface area contributed by atoms with E-state index in [-0.39, 0.29) is 44.0 Å². The fraction of sp³-hybridized carbons (Fsp3) is 0.348. The van der Waals surface area contributed by atoms with Crippen molar-refractivity contribution in [1.82, 2.24) is 0 Å². The van der Waals surface area contributed by atoms with Crippen LogP contribution in [0.4, 0.5) is 5.69 Å². The standard InChI is InChI=1S/C42H41N2.2C2H6N.Hf/c1-27(2)31-21-12-22-32(28(3)4)41(31)44-42(38-26-30-15-6-8-18-34(30)35-19-9-10-20-36(35)38)40-25-13-24-39(43-40)37-23-11-16-29-14-5-7-17-33(29)37;2*1-3-2;/h5-12,14-22,26-28,39-40,42H,13,24-25H2,1-4H3;2*1-2H3;/q-3;2*-1;. The first kappa shape index (κ1) is 40.4. The average Bonchev–Trinajstić information content (AvgIpc) is 3.14. The second-order valence-corrected chi connectivity index (χ2v) is 13.9. The van der Waals surface area contributed by atoms with E-state index in [0.29, 0.717) is 11.8 Å². The van der Waals surface area contributed by atoms with E-state index in [1.54, 1.807) is 28.2 Å². The third kappa shape index (κ3) is 9.37. The number of para-hydroxylation sites is 1. The second-order valence-electron chi connectivity index (χ2n) is 13.9. The molecule has 0 bridgehead atoms. The van der Waals surface area contributed by atoms with Crippen LogP contribution >= 0.6 is 0 Å². The first-order valence-electron chi connectivity index (χ1n) is 18.1. The Kier molecular flexibility index (Phi) is 15.4. The minimum absolute atomic E-state index is 0. The van der Waals surface area contributed by atoms with E-state index in [1.807, 2.05) is 0 Å². The molecule has 6 aromatic carbocycles. The summed E-state index contributed by atoms with van der Waals surface area (Å²) in [7, 11) is 7.00. The van der Waals surface area contributed by atoms with Crippen LogP contribution in [0.25, 0.3) is 53.6 Å². The maximum atomic E-state index is 5.84. The molecule has 1 heterocycles. The molecular weight excluding hydrogens is 787 g/mol. The van der Waals surface area contributed by atoms with Crippen LogP contribution in [0, 0.1) is 6.07 Å². The molecule has 4 nitrogen and oxygen atoms in total. The molecule has 266 valence electrons. The van der Waals surface area contributed by atoms with Gasteiger partial charge in [-0.25, -0.2) is 0 Å². The van der Waals surface area contributed by atoms with Gasteiger partial charge in [-0.3, -0.25) is 0 Å². The van der Waals surface area contributed by atoms with Crippen LogP contribution in [0.1, 0.15) is 93.1 Å². The number of fused-ring (bicyclic) bond motifs is 4. The van der Waals surface area contributed by atoms with Crippen molar-refractivity contribution in [1.29, 1.82) is 0 Å². The van der Waals surface area contributed by atoms with Crippen LogP contribution in [0.5, 0.6) is 0 Å². The maximum absolute atomic E-state index is 5.84. The molecule has 5 heteroatoms. The van der Waals surface area contributed by atoms with E-state index < -0.39 is 0 Å². The molecule has 0 aromatic heterocycles. The van der Waals surface area contributed by atoms with E-state index in [2.05, 4.69) is 154 Å². The second kappa shape index (κ2) is 19.5. The molecule has 0 N–H and O–H groups in total. The Bertz CT molecular complexity index is 1950. The van der Waals surface area contributed by atoms with Crippen molar-refractivity contribution in [3.8, 4) is 0 Å². The monoisotopic (exact) mass is 841 g/mol. The number of nitrogens with zero attached hydrogens (tertiary/aromatic N) is 4. The zero-order valence-electron chi connectivity index (χ0n) is 31.7. The van der Waals surface area contributed by atoms with Gasteiger partial charge in [0, 0.05) is 25.8 Å². The molecule has 1 aliphatic heterocycles. The molecule has 0 aliphatic carbocycles. The number of hydrogen-bond acceptors (Lipinski definition) is 0. The third-order valence-corrected chi connectivity index (χ3v) is 9.53. The predicted octanol–water partition coefficient (Wildman–Crippen LogP) is 13.8. The van der Waals surface area contributed by atoms with E-state index in [4.69, 9.17) is 10.6 Å². The summed E-state index contributed by atoms with van der Waals surface area (Å²) in [5, 5.41) is 26.2. The third-order valence-electron chi connectivity index (χ3n) is 9.53. The number of benzene rings is 6. The van der Waals surface area contributed by atoms with Gasteiger partial charge >= 0.3 is 0 Å². The Morgan fingerprint density at radius 3 is 1.78 bits per heavy atom. The predicted molar refractivity (Wildman–Crippen MR) is 219 cm³/mol. The van der Waals surface area contributed by atoms with Crippen molar-refractivity contribution in [3.05, 3.63) is 159 Å². The average molecular weight is 840 g/mol. The van der Waals surface area contributed by atoms with Gasteiger partial charge in [-0.15, -0.1) is 40.7 Å². The van der Waals surface area contributed by atoms with Crippen LogP contribution in [0.15, 0.2) is 109 Å². The molecule has 0 saturated carbocycles. The fourth-order valence-electron chi connectivity index (χ4n) is 7.31. The van der Waals surface area contributed by atoms with Gasteiger partial charge < -0.3 is 21.3 Å². The summed E-state index contributed by atoms with van der Waals surface area (Å²) in [6.45, 7) is 9.15. The van der Waals surface area contributed by atoms with Crippen molar-refractivity contribution in [3.63, 3.8) is 0 Å². The van der Waals surface area contributed by atoms with Crippen LogP contribution in [0.3, 0.4) is 0 Å². The van der Waals surface area contributed by atoms with Crippen molar-refractivity contribution in [2.75, 3.05) is 28.2 Å². The SMILES string of the molecule is CC(C)c1cccc(C(C)C)c1[N-]C(c1cc2ccccc2c2ccccc12)C1CCCC(c2[c-]ccc3ccccc23)[N-]1.C[N-]C.C[N-]C.[Hf]. The smallest absolute Gasteiger partial charge is 0 e. The minimum Gasteiger partial charge on any atom is -0.679 e. The number of rotatable bonds is 7. The molecule has 1 fully saturated rings. The van der Waals surface area contributed by atoms with Gasteiger partial charge in [0.1, 0.15) is 0 Å². The summed E-state index contributed by atoms with van der Waals surface area (Å²) in [5.74, 6) is 0.755. The molecule has 3 unspecified atom stereocenters. The Morgan fingerprint density at radius 2 is 1.16 bits per heavy atom. The van der Waals surface area contributed by atoms with Crippen LogP contribution < -0.4 is 0 Å². The summed E-state index contributed by atoms with van der Waals surface area (Å²) in [5.41, 5.74) is 6.31. The van der Waals surface area contributed by atoms with Crippen LogP contribution in [0.2, 0.25) is 0 Å². The normalized spacial score (nSPS) is 16.2. The minimum atomic E-state index is -0.0975. The van der Waals surface area contributed by atoms with Gasteiger partial charge in [0.2, 0.25) is 0 Å². The summed E-state index contributed by atoms with van der Waals surface area (Å²) in [6, 6.07) is 43.4. The van der Waals surface area contributed by atoms with E-state index in [9.17, 15) is 0 Å². The van der Waals surface area contributed by atoms with Crippen LogP contribution in [-0.4, -0.2) is 34.2 Å². The molecule has 1 saturated heterocycles. The summed E-state index contributed by atoms with van der Waals surface area (Å²) in [4.78, 5) is 0. The Balaban J connectivity index is 0.000000780. The Hall–Kier alpha value is -3.35. The molecule has 0 spiro atoms. The van der Waals surface area contributed by atoms with Crippen molar-refractivity contribution < 1.29 is 25.8 Å². The zero-order valence-corrected chi connectivity index (χ0v) is 35.3. The van der Waals surface area contributed by atoms with Gasteiger partial charge in [0.05, 0.1) is 0 Å². The van der Waals surface area contributed by atoms with E-state index in [1.165, 1.54) is 54.6 Å². The first-order valence-corrected chi connectivity index (χ1v) is 18.1. The molecule has 7 rings (SSSR count). The van der Waals surface area contributed by atoms with E-state index >= 15 is 0 Å². The molecule has 0 amide bonds. The maximum Gasteiger partial charge on any atom is 0 e. The molecule has 1 aliphatic rings. The van der Waals surface area contributed by atoms with Crippen molar-refractivity contribution >= 4 is 38.0 Å².